The molecule has 0 spiro atoms. The van der Waals surface area contributed by atoms with Crippen molar-refractivity contribution in [2.24, 2.45) is 0 Å². The first-order chi connectivity index (χ1) is 14.1. The van der Waals surface area contributed by atoms with Crippen LogP contribution in [0.25, 0.3) is 0 Å². The van der Waals surface area contributed by atoms with E-state index in [-0.39, 0.29) is 24.2 Å². The largest absolute Gasteiger partial charge is 0.335 e. The quantitative estimate of drug-likeness (QED) is 0.711. The molecule has 1 aliphatic carbocycles. The molecule has 2 aliphatic rings. The highest BCUT2D eigenvalue weighted by Gasteiger charge is 2.33. The number of likely N-dealkylation sites (N-methyl/N-ethyl adjacent to an activating group) is 1. The van der Waals surface area contributed by atoms with Crippen LogP contribution in [0.5, 0.6) is 0 Å². The SMILES string of the molecule is CN(C(=O)C(=O)CCc1ccccc1)C1CCCN(C2Cc3ccccc3C2)C1. The van der Waals surface area contributed by atoms with Crippen molar-refractivity contribution in [3.05, 3.63) is 71.3 Å². The van der Waals surface area contributed by atoms with Gasteiger partial charge < -0.3 is 4.90 Å². The van der Waals surface area contributed by atoms with Crippen molar-refractivity contribution in [3.63, 3.8) is 0 Å². The molecule has 1 heterocycles. The molecule has 1 atom stereocenters. The average Bonchev–Trinajstić information content (AvgIpc) is 3.21. The first-order valence-electron chi connectivity index (χ1n) is 10.8. The maximum absolute atomic E-state index is 12.7. The van der Waals surface area contributed by atoms with Crippen LogP contribution < -0.4 is 0 Å². The Morgan fingerprint density at radius 3 is 2.34 bits per heavy atom. The zero-order valence-corrected chi connectivity index (χ0v) is 17.2. The second kappa shape index (κ2) is 8.91. The van der Waals surface area contributed by atoms with Gasteiger partial charge in [0.05, 0.1) is 0 Å². The van der Waals surface area contributed by atoms with Gasteiger partial charge in [-0.05, 0) is 55.3 Å². The lowest BCUT2D eigenvalue weighted by Gasteiger charge is -2.40. The first-order valence-corrected chi connectivity index (χ1v) is 10.8. The molecule has 1 fully saturated rings. The molecular weight excluding hydrogens is 360 g/mol. The molecule has 2 aromatic rings. The van der Waals surface area contributed by atoms with E-state index in [1.165, 1.54) is 11.1 Å². The number of carbonyl (C=O) groups is 2. The van der Waals surface area contributed by atoms with E-state index >= 15 is 0 Å². The van der Waals surface area contributed by atoms with E-state index in [1.807, 2.05) is 30.3 Å². The summed E-state index contributed by atoms with van der Waals surface area (Å²) < 4.78 is 0. The average molecular weight is 391 g/mol. The van der Waals surface area contributed by atoms with Gasteiger partial charge in [0, 0.05) is 32.1 Å². The Bertz CT molecular complexity index is 839. The van der Waals surface area contributed by atoms with Crippen LogP contribution in [0.2, 0.25) is 0 Å². The van der Waals surface area contributed by atoms with Crippen LogP contribution in [-0.4, -0.2) is 53.7 Å². The molecule has 4 heteroatoms. The van der Waals surface area contributed by atoms with Gasteiger partial charge in [-0.1, -0.05) is 54.6 Å². The van der Waals surface area contributed by atoms with E-state index in [1.54, 1.807) is 11.9 Å². The third kappa shape index (κ3) is 4.59. The summed E-state index contributed by atoms with van der Waals surface area (Å²) in [6.07, 6.45) is 5.14. The molecule has 1 aliphatic heterocycles. The van der Waals surface area contributed by atoms with Gasteiger partial charge in [-0.3, -0.25) is 14.5 Å². The van der Waals surface area contributed by atoms with Crippen molar-refractivity contribution in [1.82, 2.24) is 9.80 Å². The number of hydrogen-bond acceptors (Lipinski definition) is 3. The summed E-state index contributed by atoms with van der Waals surface area (Å²) in [6, 6.07) is 19.2. The Kier molecular flexibility index (Phi) is 6.10. The Labute approximate surface area is 173 Å². The van der Waals surface area contributed by atoms with Crippen molar-refractivity contribution >= 4 is 11.7 Å². The molecule has 4 rings (SSSR count). The van der Waals surface area contributed by atoms with Crippen molar-refractivity contribution in [2.45, 2.75) is 50.6 Å². The third-order valence-electron chi connectivity index (χ3n) is 6.56. The third-order valence-corrected chi connectivity index (χ3v) is 6.56. The lowest BCUT2D eigenvalue weighted by molar-refractivity contribution is -0.146. The summed E-state index contributed by atoms with van der Waals surface area (Å²) in [5.41, 5.74) is 4.02. The predicted molar refractivity (Wildman–Crippen MR) is 115 cm³/mol. The zero-order valence-electron chi connectivity index (χ0n) is 17.2. The minimum Gasteiger partial charge on any atom is -0.335 e. The molecule has 0 saturated carbocycles. The summed E-state index contributed by atoms with van der Waals surface area (Å²) in [4.78, 5) is 29.5. The van der Waals surface area contributed by atoms with Crippen LogP contribution in [0.4, 0.5) is 0 Å². The summed E-state index contributed by atoms with van der Waals surface area (Å²) in [6.45, 7) is 1.95. The molecule has 0 radical (unpaired) electrons. The molecule has 1 unspecified atom stereocenters. The van der Waals surface area contributed by atoms with Crippen LogP contribution in [0, 0.1) is 0 Å². The number of Topliss-reactive ketones (excluding diaryl/α,β-unsaturated/α-hetero) is 1. The molecule has 1 saturated heterocycles. The highest BCUT2D eigenvalue weighted by Crippen LogP contribution is 2.28. The van der Waals surface area contributed by atoms with Crippen molar-refractivity contribution in [1.29, 1.82) is 0 Å². The minimum absolute atomic E-state index is 0.126. The van der Waals surface area contributed by atoms with Crippen LogP contribution in [-0.2, 0) is 28.9 Å². The van der Waals surface area contributed by atoms with E-state index in [0.717, 1.165) is 44.3 Å². The fourth-order valence-electron chi connectivity index (χ4n) is 4.80. The lowest BCUT2D eigenvalue weighted by Crippen LogP contribution is -2.53. The standard InChI is InChI=1S/C25H30N2O2/c1-26(25(29)24(28)14-13-19-8-3-2-4-9-19)22-12-7-15-27(18-22)23-16-20-10-5-6-11-21(20)17-23/h2-6,8-11,22-23H,7,12-18H2,1H3. The number of hydrogen-bond donors (Lipinski definition) is 0. The Morgan fingerprint density at radius 1 is 1.00 bits per heavy atom. The molecule has 4 nitrogen and oxygen atoms in total. The van der Waals surface area contributed by atoms with Crippen molar-refractivity contribution < 1.29 is 9.59 Å². The summed E-state index contributed by atoms with van der Waals surface area (Å²) >= 11 is 0. The first kappa shape index (κ1) is 19.8. The number of fused-ring (bicyclic) bond motifs is 1. The predicted octanol–water partition coefficient (Wildman–Crippen LogP) is 3.28. The Hall–Kier alpha value is -2.46. The highest BCUT2D eigenvalue weighted by molar-refractivity contribution is 6.36. The fourth-order valence-corrected chi connectivity index (χ4v) is 4.80. The van der Waals surface area contributed by atoms with Crippen molar-refractivity contribution in [2.75, 3.05) is 20.1 Å². The van der Waals surface area contributed by atoms with Crippen LogP contribution in [0.1, 0.15) is 36.0 Å². The number of rotatable bonds is 6. The smallest absolute Gasteiger partial charge is 0.289 e. The lowest BCUT2D eigenvalue weighted by atomic mass is 10.00. The van der Waals surface area contributed by atoms with Gasteiger partial charge in [0.1, 0.15) is 0 Å². The number of likely N-dealkylation sites (tertiary alicyclic amines) is 1. The summed E-state index contributed by atoms with van der Waals surface area (Å²) in [5.74, 6) is -0.607. The molecule has 0 aromatic heterocycles. The number of nitrogens with zero attached hydrogens (tertiary/aromatic N) is 2. The second-order valence-corrected chi connectivity index (χ2v) is 8.45. The molecule has 2 aromatic carbocycles. The molecule has 0 N–H and O–H groups in total. The van der Waals surface area contributed by atoms with Gasteiger partial charge in [-0.25, -0.2) is 0 Å². The van der Waals surface area contributed by atoms with E-state index < -0.39 is 0 Å². The fraction of sp³-hybridized carbons (Fsp3) is 0.440. The Morgan fingerprint density at radius 2 is 1.66 bits per heavy atom. The van der Waals surface area contributed by atoms with Gasteiger partial charge in [0.25, 0.3) is 5.91 Å². The molecular formula is C25H30N2O2. The van der Waals surface area contributed by atoms with Gasteiger partial charge in [0.15, 0.2) is 0 Å². The second-order valence-electron chi connectivity index (χ2n) is 8.45. The summed E-state index contributed by atoms with van der Waals surface area (Å²) in [7, 11) is 1.81. The maximum atomic E-state index is 12.7. The van der Waals surface area contributed by atoms with Gasteiger partial charge in [0.2, 0.25) is 5.78 Å². The highest BCUT2D eigenvalue weighted by atomic mass is 16.2. The monoisotopic (exact) mass is 390 g/mol. The molecule has 1 amide bonds. The Balaban J connectivity index is 1.32. The minimum atomic E-state index is -0.331. The van der Waals surface area contributed by atoms with Crippen LogP contribution in [0.15, 0.2) is 54.6 Å². The number of ketones is 1. The molecule has 29 heavy (non-hydrogen) atoms. The number of carbonyl (C=O) groups excluding carboxylic acids is 2. The van der Waals surface area contributed by atoms with E-state index in [9.17, 15) is 9.59 Å². The number of amides is 1. The summed E-state index contributed by atoms with van der Waals surface area (Å²) in [5, 5.41) is 0. The normalized spacial score (nSPS) is 19.7. The molecule has 0 bridgehead atoms. The number of aryl methyl sites for hydroxylation is 1. The maximum Gasteiger partial charge on any atom is 0.289 e. The number of piperidine rings is 1. The molecule has 152 valence electrons. The topological polar surface area (TPSA) is 40.6 Å². The van der Waals surface area contributed by atoms with Crippen LogP contribution in [0.3, 0.4) is 0 Å². The van der Waals surface area contributed by atoms with Crippen LogP contribution >= 0.6 is 0 Å². The van der Waals surface area contributed by atoms with Crippen molar-refractivity contribution in [3.8, 4) is 0 Å². The van der Waals surface area contributed by atoms with Gasteiger partial charge in [-0.15, -0.1) is 0 Å². The number of benzene rings is 2. The van der Waals surface area contributed by atoms with E-state index in [4.69, 9.17) is 0 Å². The van der Waals surface area contributed by atoms with E-state index in [2.05, 4.69) is 29.2 Å². The van der Waals surface area contributed by atoms with E-state index in [0.29, 0.717) is 12.5 Å². The van der Waals surface area contributed by atoms with Gasteiger partial charge in [-0.2, -0.15) is 0 Å². The zero-order chi connectivity index (χ0) is 20.2. The van der Waals surface area contributed by atoms with Gasteiger partial charge >= 0.3 is 0 Å².